The van der Waals surface area contributed by atoms with Gasteiger partial charge < -0.3 is 4.57 Å². The third kappa shape index (κ3) is 4.44. The van der Waals surface area contributed by atoms with E-state index < -0.39 is 0 Å². The summed E-state index contributed by atoms with van der Waals surface area (Å²) in [6, 6.07) is 48.1. The molecule has 5 nitrogen and oxygen atoms in total. The van der Waals surface area contributed by atoms with Crippen LogP contribution in [0.4, 0.5) is 0 Å². The van der Waals surface area contributed by atoms with Gasteiger partial charge in [-0.3, -0.25) is 4.57 Å². The summed E-state index contributed by atoms with van der Waals surface area (Å²) in [6.45, 7) is 6.40. The maximum Gasteiger partial charge on any atom is 0.238 e. The Balaban J connectivity index is 1.55. The SMILES string of the molecule is C=Cc1c(/C=C\C)c2c3ccccc3c3c4ccccc4n(-c4nc(-c5ccccc5)nc(-c5ccccc5)n4)c3c2n1-c1ccccc1. The van der Waals surface area contributed by atoms with Gasteiger partial charge in [0.1, 0.15) is 0 Å². The zero-order valence-corrected chi connectivity index (χ0v) is 27.0. The van der Waals surface area contributed by atoms with E-state index in [0.717, 1.165) is 60.8 Å². The molecular formula is C44H31N5. The molecule has 0 atom stereocenters. The summed E-state index contributed by atoms with van der Waals surface area (Å²) in [5, 5.41) is 5.80. The van der Waals surface area contributed by atoms with Crippen molar-refractivity contribution in [1.82, 2.24) is 24.1 Å². The smallest absolute Gasteiger partial charge is 0.238 e. The summed E-state index contributed by atoms with van der Waals surface area (Å²) in [6.07, 6.45) is 6.28. The molecule has 0 N–H and O–H groups in total. The fourth-order valence-electron chi connectivity index (χ4n) is 7.25. The third-order valence-corrected chi connectivity index (χ3v) is 9.24. The summed E-state index contributed by atoms with van der Waals surface area (Å²) in [4.78, 5) is 15.5. The van der Waals surface area contributed by atoms with Crippen molar-refractivity contribution >= 4 is 55.6 Å². The largest absolute Gasteiger partial charge is 0.307 e. The molecule has 0 fully saturated rings. The molecule has 0 bridgehead atoms. The predicted molar refractivity (Wildman–Crippen MR) is 204 cm³/mol. The Kier molecular flexibility index (Phi) is 6.76. The maximum atomic E-state index is 5.24. The molecule has 3 aromatic heterocycles. The molecule has 232 valence electrons. The van der Waals surface area contributed by atoms with Gasteiger partial charge in [-0.05, 0) is 42.0 Å². The van der Waals surface area contributed by atoms with E-state index in [1.165, 1.54) is 10.8 Å². The fourth-order valence-corrected chi connectivity index (χ4v) is 7.25. The van der Waals surface area contributed by atoms with Crippen molar-refractivity contribution in [2.45, 2.75) is 6.92 Å². The van der Waals surface area contributed by atoms with Crippen LogP contribution in [0.15, 0.2) is 152 Å². The third-order valence-electron chi connectivity index (χ3n) is 9.24. The highest BCUT2D eigenvalue weighted by atomic mass is 15.2. The van der Waals surface area contributed by atoms with Gasteiger partial charge in [-0.1, -0.05) is 140 Å². The molecule has 0 aliphatic carbocycles. The van der Waals surface area contributed by atoms with E-state index in [-0.39, 0.29) is 0 Å². The Hall–Kier alpha value is -6.59. The van der Waals surface area contributed by atoms with E-state index in [1.54, 1.807) is 0 Å². The van der Waals surface area contributed by atoms with Gasteiger partial charge in [-0.25, -0.2) is 4.98 Å². The molecule has 0 aliphatic heterocycles. The van der Waals surface area contributed by atoms with E-state index in [0.29, 0.717) is 17.6 Å². The normalized spacial score (nSPS) is 11.8. The molecular weight excluding hydrogens is 599 g/mol. The Labute approximate surface area is 283 Å². The van der Waals surface area contributed by atoms with E-state index >= 15 is 0 Å². The highest BCUT2D eigenvalue weighted by molar-refractivity contribution is 6.33. The lowest BCUT2D eigenvalue weighted by Gasteiger charge is -2.14. The van der Waals surface area contributed by atoms with Crippen LogP contribution in [0.25, 0.3) is 90.0 Å². The van der Waals surface area contributed by atoms with Crippen LogP contribution >= 0.6 is 0 Å². The van der Waals surface area contributed by atoms with Crippen molar-refractivity contribution < 1.29 is 0 Å². The van der Waals surface area contributed by atoms with Crippen molar-refractivity contribution in [2.75, 3.05) is 0 Å². The summed E-state index contributed by atoms with van der Waals surface area (Å²) in [5.41, 5.74) is 8.18. The molecule has 0 radical (unpaired) electrons. The minimum atomic E-state index is 0.559. The Morgan fingerprint density at radius 1 is 0.531 bits per heavy atom. The first-order valence-electron chi connectivity index (χ1n) is 16.5. The predicted octanol–water partition coefficient (Wildman–Crippen LogP) is 11.1. The molecule has 0 spiro atoms. The number of benzene rings is 6. The summed E-state index contributed by atoms with van der Waals surface area (Å²) >= 11 is 0. The number of para-hydroxylation sites is 2. The van der Waals surface area contributed by atoms with Gasteiger partial charge in [0, 0.05) is 38.5 Å². The van der Waals surface area contributed by atoms with Crippen molar-refractivity contribution in [2.24, 2.45) is 0 Å². The average molecular weight is 630 g/mol. The van der Waals surface area contributed by atoms with Crippen LogP contribution in [-0.2, 0) is 0 Å². The minimum Gasteiger partial charge on any atom is -0.307 e. The molecule has 6 aromatic carbocycles. The van der Waals surface area contributed by atoms with Crippen molar-refractivity contribution in [3.63, 3.8) is 0 Å². The molecule has 0 amide bonds. The Morgan fingerprint density at radius 3 is 1.63 bits per heavy atom. The maximum absolute atomic E-state index is 5.24. The van der Waals surface area contributed by atoms with Gasteiger partial charge in [0.25, 0.3) is 0 Å². The average Bonchev–Trinajstić information content (AvgIpc) is 3.69. The fraction of sp³-hybridized carbons (Fsp3) is 0.0227. The number of allylic oxidation sites excluding steroid dienone is 1. The summed E-state index contributed by atoms with van der Waals surface area (Å²) in [5.74, 6) is 1.79. The lowest BCUT2D eigenvalue weighted by molar-refractivity contribution is 0.953. The summed E-state index contributed by atoms with van der Waals surface area (Å²) in [7, 11) is 0. The van der Waals surface area contributed by atoms with Gasteiger partial charge in [0.2, 0.25) is 5.95 Å². The Morgan fingerprint density at radius 2 is 1.04 bits per heavy atom. The lowest BCUT2D eigenvalue weighted by Crippen LogP contribution is -2.07. The second-order valence-electron chi connectivity index (χ2n) is 12.0. The van der Waals surface area contributed by atoms with E-state index in [2.05, 4.69) is 114 Å². The minimum absolute atomic E-state index is 0.559. The van der Waals surface area contributed by atoms with Crippen LogP contribution in [0, 0.1) is 0 Å². The van der Waals surface area contributed by atoms with Gasteiger partial charge in [0.05, 0.1) is 22.2 Å². The molecule has 3 heterocycles. The first-order chi connectivity index (χ1) is 24.3. The van der Waals surface area contributed by atoms with Crippen molar-refractivity contribution in [3.05, 3.63) is 163 Å². The van der Waals surface area contributed by atoms with Crippen LogP contribution < -0.4 is 0 Å². The quantitative estimate of drug-likeness (QED) is 0.184. The van der Waals surface area contributed by atoms with E-state index in [4.69, 9.17) is 15.0 Å². The topological polar surface area (TPSA) is 48.5 Å². The van der Waals surface area contributed by atoms with Gasteiger partial charge >= 0.3 is 0 Å². The Bertz CT molecular complexity index is 2660. The zero-order chi connectivity index (χ0) is 32.9. The van der Waals surface area contributed by atoms with Crippen LogP contribution in [0.2, 0.25) is 0 Å². The standard InChI is InChI=1S/C44H31N5/c1-3-18-34-36(4-2)48(31-23-12-7-13-24-31)40-38(34)32-25-14-15-26-33(32)39-35-27-16-17-28-37(35)49(41(39)40)44-46-42(29-19-8-5-9-20-29)45-43(47-44)30-21-10-6-11-22-30/h3-28H,2H2,1H3/b18-3-. The molecule has 0 saturated heterocycles. The van der Waals surface area contributed by atoms with Crippen LogP contribution in [-0.4, -0.2) is 24.1 Å². The lowest BCUT2D eigenvalue weighted by atomic mass is 9.97. The number of hydrogen-bond donors (Lipinski definition) is 0. The van der Waals surface area contributed by atoms with Crippen LogP contribution in [0.3, 0.4) is 0 Å². The van der Waals surface area contributed by atoms with Gasteiger partial charge in [-0.2, -0.15) is 9.97 Å². The molecule has 9 rings (SSSR count). The van der Waals surface area contributed by atoms with Gasteiger partial charge in [0.15, 0.2) is 11.6 Å². The van der Waals surface area contributed by atoms with Crippen LogP contribution in [0.1, 0.15) is 18.2 Å². The van der Waals surface area contributed by atoms with E-state index in [1.807, 2.05) is 66.7 Å². The van der Waals surface area contributed by atoms with Gasteiger partial charge in [-0.15, -0.1) is 0 Å². The van der Waals surface area contributed by atoms with Crippen molar-refractivity contribution in [1.29, 1.82) is 0 Å². The number of hydrogen-bond acceptors (Lipinski definition) is 3. The molecule has 0 unspecified atom stereocenters. The highest BCUT2D eigenvalue weighted by Crippen LogP contribution is 2.46. The second kappa shape index (κ2) is 11.6. The summed E-state index contributed by atoms with van der Waals surface area (Å²) < 4.78 is 4.59. The van der Waals surface area contributed by atoms with E-state index in [9.17, 15) is 0 Å². The number of fused-ring (bicyclic) bond motifs is 8. The van der Waals surface area contributed by atoms with Crippen molar-refractivity contribution in [3.8, 4) is 34.4 Å². The molecule has 0 aliphatic rings. The molecule has 5 heteroatoms. The molecule has 0 saturated carbocycles. The van der Waals surface area contributed by atoms with Crippen LogP contribution in [0.5, 0.6) is 0 Å². The number of aromatic nitrogens is 5. The number of rotatable bonds is 6. The molecule has 9 aromatic rings. The second-order valence-corrected chi connectivity index (χ2v) is 12.0. The monoisotopic (exact) mass is 629 g/mol. The highest BCUT2D eigenvalue weighted by Gasteiger charge is 2.27. The number of nitrogens with zero attached hydrogens (tertiary/aromatic N) is 5. The first-order valence-corrected chi connectivity index (χ1v) is 16.5. The zero-order valence-electron chi connectivity index (χ0n) is 27.0. The first kappa shape index (κ1) is 28.6. The molecule has 49 heavy (non-hydrogen) atoms.